The Morgan fingerprint density at radius 1 is 1.53 bits per heavy atom. The van der Waals surface area contributed by atoms with Crippen LogP contribution in [0.2, 0.25) is 0 Å². The quantitative estimate of drug-likeness (QED) is 0.311. The first-order chi connectivity index (χ1) is 7.40. The van der Waals surface area contributed by atoms with Crippen LogP contribution in [0.1, 0.15) is 5.56 Å². The minimum atomic E-state index is 0.206. The third-order valence-corrected chi connectivity index (χ3v) is 2.57. The molecule has 5 heteroatoms. The zero-order chi connectivity index (χ0) is 10.5. The largest absolute Gasteiger partial charge is 0.245 e. The van der Waals surface area contributed by atoms with E-state index in [1.165, 1.54) is 0 Å². The lowest BCUT2D eigenvalue weighted by atomic mass is 10.2. The van der Waals surface area contributed by atoms with Crippen molar-refractivity contribution >= 4 is 21.6 Å². The molecular formula is C10H6N4S. The summed E-state index contributed by atoms with van der Waals surface area (Å²) in [5.74, 6) is 5.70. The highest BCUT2D eigenvalue weighted by Crippen LogP contribution is 2.18. The molecule has 1 aromatic heterocycles. The van der Waals surface area contributed by atoms with Crippen molar-refractivity contribution < 1.29 is 0 Å². The molecule has 4 nitrogen and oxygen atoms in total. The maximum Gasteiger partial charge on any atom is 0.0880 e. The molecule has 0 amide bonds. The van der Waals surface area contributed by atoms with Crippen LogP contribution in [0, 0.1) is 11.8 Å². The third kappa shape index (κ3) is 2.26. The Morgan fingerprint density at radius 3 is 3.33 bits per heavy atom. The molecule has 0 bridgehead atoms. The van der Waals surface area contributed by atoms with Crippen LogP contribution >= 0.6 is 11.3 Å². The van der Waals surface area contributed by atoms with Crippen molar-refractivity contribution in [3.05, 3.63) is 39.7 Å². The monoisotopic (exact) mass is 214 g/mol. The number of nitrogens with zero attached hydrogens (tertiary/aromatic N) is 4. The second-order valence-corrected chi connectivity index (χ2v) is 3.61. The summed E-state index contributed by atoms with van der Waals surface area (Å²) < 4.78 is 1.12. The molecule has 0 N–H and O–H groups in total. The van der Waals surface area contributed by atoms with Crippen LogP contribution in [0.4, 0.5) is 0 Å². The van der Waals surface area contributed by atoms with Crippen LogP contribution in [0.3, 0.4) is 0 Å². The van der Waals surface area contributed by atoms with Gasteiger partial charge < -0.3 is 0 Å². The van der Waals surface area contributed by atoms with Crippen molar-refractivity contribution in [3.63, 3.8) is 0 Å². The molecule has 0 atom stereocenters. The molecule has 2 rings (SSSR count). The molecule has 0 aliphatic heterocycles. The number of benzene rings is 1. The summed E-state index contributed by atoms with van der Waals surface area (Å²) in [4.78, 5) is 6.80. The number of azide groups is 1. The molecule has 0 radical (unpaired) electrons. The fourth-order valence-corrected chi connectivity index (χ4v) is 1.86. The van der Waals surface area contributed by atoms with Gasteiger partial charge in [0, 0.05) is 10.5 Å². The topological polar surface area (TPSA) is 61.7 Å². The molecule has 1 aromatic carbocycles. The summed E-state index contributed by atoms with van der Waals surface area (Å²) >= 11 is 1.58. The van der Waals surface area contributed by atoms with Gasteiger partial charge in [0.1, 0.15) is 0 Å². The number of hydrogen-bond donors (Lipinski definition) is 0. The number of fused-ring (bicyclic) bond motifs is 1. The zero-order valence-electron chi connectivity index (χ0n) is 7.71. The Bertz CT molecular complexity index is 584. The van der Waals surface area contributed by atoms with Crippen LogP contribution in [0.25, 0.3) is 20.7 Å². The average molecular weight is 214 g/mol. The van der Waals surface area contributed by atoms with Crippen LogP contribution in [-0.2, 0) is 0 Å². The maximum atomic E-state index is 8.06. The molecule has 0 aliphatic rings. The van der Waals surface area contributed by atoms with Crippen molar-refractivity contribution in [2.75, 3.05) is 6.54 Å². The SMILES string of the molecule is [N-]=[N+]=NCC#Cc1ccc2ncsc2c1. The van der Waals surface area contributed by atoms with Crippen LogP contribution in [0.5, 0.6) is 0 Å². The summed E-state index contributed by atoms with van der Waals surface area (Å²) in [6.07, 6.45) is 0. The minimum absolute atomic E-state index is 0.206. The van der Waals surface area contributed by atoms with Crippen molar-refractivity contribution in [3.8, 4) is 11.8 Å². The number of aromatic nitrogens is 1. The van der Waals surface area contributed by atoms with Gasteiger partial charge in [-0.3, -0.25) is 0 Å². The normalized spacial score (nSPS) is 9.07. The number of thiazole rings is 1. The van der Waals surface area contributed by atoms with E-state index in [-0.39, 0.29) is 6.54 Å². The Balaban J connectivity index is 2.26. The smallest absolute Gasteiger partial charge is 0.0880 e. The molecular weight excluding hydrogens is 208 g/mol. The van der Waals surface area contributed by atoms with E-state index in [2.05, 4.69) is 26.9 Å². The molecule has 0 aliphatic carbocycles. The highest BCUT2D eigenvalue weighted by atomic mass is 32.1. The zero-order valence-corrected chi connectivity index (χ0v) is 8.53. The highest BCUT2D eigenvalue weighted by molar-refractivity contribution is 7.16. The summed E-state index contributed by atoms with van der Waals surface area (Å²) in [5.41, 5.74) is 11.8. The van der Waals surface area contributed by atoms with E-state index in [1.807, 2.05) is 23.7 Å². The first kappa shape index (κ1) is 9.53. The van der Waals surface area contributed by atoms with E-state index in [1.54, 1.807) is 11.3 Å². The second-order valence-electron chi connectivity index (χ2n) is 2.73. The standard InChI is InChI=1S/C10H6N4S/c11-14-13-5-1-2-8-3-4-9-10(6-8)15-7-12-9/h3-4,6-7H,5H2. The van der Waals surface area contributed by atoms with Gasteiger partial charge in [0.15, 0.2) is 0 Å². The lowest BCUT2D eigenvalue weighted by Gasteiger charge is -1.89. The van der Waals surface area contributed by atoms with E-state index < -0.39 is 0 Å². The predicted molar refractivity (Wildman–Crippen MR) is 60.5 cm³/mol. The van der Waals surface area contributed by atoms with Gasteiger partial charge in [0.05, 0.1) is 22.3 Å². The van der Waals surface area contributed by atoms with Gasteiger partial charge in [-0.2, -0.15) is 0 Å². The van der Waals surface area contributed by atoms with Gasteiger partial charge in [-0.15, -0.1) is 11.3 Å². The van der Waals surface area contributed by atoms with Crippen molar-refractivity contribution in [2.24, 2.45) is 5.11 Å². The van der Waals surface area contributed by atoms with Gasteiger partial charge in [0.2, 0.25) is 0 Å². The molecule has 1 heterocycles. The van der Waals surface area contributed by atoms with E-state index in [9.17, 15) is 0 Å². The van der Waals surface area contributed by atoms with Crippen LogP contribution in [-0.4, -0.2) is 11.5 Å². The molecule has 0 saturated heterocycles. The van der Waals surface area contributed by atoms with Gasteiger partial charge >= 0.3 is 0 Å². The van der Waals surface area contributed by atoms with E-state index >= 15 is 0 Å². The van der Waals surface area contributed by atoms with E-state index in [4.69, 9.17) is 5.53 Å². The minimum Gasteiger partial charge on any atom is -0.245 e. The highest BCUT2D eigenvalue weighted by Gasteiger charge is 1.95. The molecule has 0 saturated carbocycles. The Kier molecular flexibility index (Phi) is 2.84. The van der Waals surface area contributed by atoms with Gasteiger partial charge in [-0.25, -0.2) is 4.98 Å². The third-order valence-electron chi connectivity index (χ3n) is 1.78. The number of hydrogen-bond acceptors (Lipinski definition) is 3. The van der Waals surface area contributed by atoms with Crippen LogP contribution in [0.15, 0.2) is 28.8 Å². The summed E-state index contributed by atoms with van der Waals surface area (Å²) in [5, 5.41) is 3.34. The summed E-state index contributed by atoms with van der Waals surface area (Å²) in [6, 6.07) is 5.82. The molecule has 0 unspecified atom stereocenters. The fraction of sp³-hybridized carbons (Fsp3) is 0.100. The molecule has 0 fully saturated rings. The Hall–Kier alpha value is -2.02. The molecule has 15 heavy (non-hydrogen) atoms. The van der Waals surface area contributed by atoms with Gasteiger partial charge in [0.25, 0.3) is 0 Å². The predicted octanol–water partition coefficient (Wildman–Crippen LogP) is 2.96. The van der Waals surface area contributed by atoms with Gasteiger partial charge in [-0.05, 0) is 23.7 Å². The number of rotatable bonds is 1. The van der Waals surface area contributed by atoms with Crippen molar-refractivity contribution in [1.29, 1.82) is 0 Å². The lowest BCUT2D eigenvalue weighted by molar-refractivity contribution is 1.25. The Morgan fingerprint density at radius 2 is 2.47 bits per heavy atom. The van der Waals surface area contributed by atoms with E-state index in [0.717, 1.165) is 15.8 Å². The lowest BCUT2D eigenvalue weighted by Crippen LogP contribution is -1.75. The maximum absolute atomic E-state index is 8.06. The first-order valence-corrected chi connectivity index (χ1v) is 5.11. The summed E-state index contributed by atoms with van der Waals surface area (Å²) in [6.45, 7) is 0.206. The molecule has 0 spiro atoms. The van der Waals surface area contributed by atoms with Crippen LogP contribution < -0.4 is 0 Å². The van der Waals surface area contributed by atoms with Crippen molar-refractivity contribution in [1.82, 2.24) is 4.98 Å². The fourth-order valence-electron chi connectivity index (χ4n) is 1.14. The molecule has 72 valence electrons. The second kappa shape index (κ2) is 4.47. The first-order valence-electron chi connectivity index (χ1n) is 4.23. The van der Waals surface area contributed by atoms with Gasteiger partial charge in [-0.1, -0.05) is 17.0 Å². The molecule has 2 aromatic rings. The van der Waals surface area contributed by atoms with E-state index in [0.29, 0.717) is 0 Å². The Labute approximate surface area is 90.2 Å². The average Bonchev–Trinajstić information content (AvgIpc) is 2.71. The van der Waals surface area contributed by atoms with Crippen molar-refractivity contribution in [2.45, 2.75) is 0 Å². The summed E-state index contributed by atoms with van der Waals surface area (Å²) in [7, 11) is 0.